The fourth-order valence-electron chi connectivity index (χ4n) is 1.34. The lowest BCUT2D eigenvalue weighted by molar-refractivity contribution is -0.384. The molecule has 0 spiro atoms. The largest absolute Gasteiger partial charge is 0.454 e. The summed E-state index contributed by atoms with van der Waals surface area (Å²) < 4.78 is 6.22. The molecule has 0 saturated heterocycles. The third kappa shape index (κ3) is 3.19. The highest BCUT2D eigenvalue weighted by molar-refractivity contribution is 14.1. The average Bonchev–Trinajstić information content (AvgIpc) is 2.73. The summed E-state index contributed by atoms with van der Waals surface area (Å²) in [5.41, 5.74) is 0.908. The molecule has 2 aromatic rings. The molecular weight excluding hydrogens is 335 g/mol. The lowest BCUT2D eigenvalue weighted by Gasteiger charge is -2.03. The topological polar surface area (TPSA) is 68.3 Å². The number of nitro benzene ring substituents is 1. The summed E-state index contributed by atoms with van der Waals surface area (Å²) in [6, 6.07) is 10.0. The highest BCUT2D eigenvalue weighted by atomic mass is 127. The van der Waals surface area contributed by atoms with Crippen molar-refractivity contribution < 1.29 is 9.34 Å². The Balaban J connectivity index is 1.97. The third-order valence-corrected chi connectivity index (χ3v) is 2.75. The maximum atomic E-state index is 10.5. The quantitative estimate of drug-likeness (QED) is 0.524. The summed E-state index contributed by atoms with van der Waals surface area (Å²) in [5.74, 6) is 0.827. The van der Waals surface area contributed by atoms with Gasteiger partial charge in [-0.25, -0.2) is 0 Å². The van der Waals surface area contributed by atoms with Crippen LogP contribution >= 0.6 is 22.6 Å². The van der Waals surface area contributed by atoms with Gasteiger partial charge in [0.2, 0.25) is 0 Å². The molecule has 1 aromatic heterocycles. The van der Waals surface area contributed by atoms with Crippen molar-refractivity contribution in [2.24, 2.45) is 0 Å². The van der Waals surface area contributed by atoms with Crippen LogP contribution in [0.25, 0.3) is 0 Å². The number of hydrogen-bond acceptors (Lipinski definition) is 4. The minimum Gasteiger partial charge on any atom is -0.454 e. The van der Waals surface area contributed by atoms with E-state index in [1.807, 2.05) is 12.1 Å². The molecule has 0 fully saturated rings. The molecule has 0 aliphatic rings. The molecule has 0 unspecified atom stereocenters. The molecule has 2 rings (SSSR count). The van der Waals surface area contributed by atoms with Crippen LogP contribution < -0.4 is 5.32 Å². The Bertz CT molecular complexity index is 522. The Hall–Kier alpha value is -1.57. The van der Waals surface area contributed by atoms with Gasteiger partial charge in [-0.15, -0.1) is 0 Å². The van der Waals surface area contributed by atoms with E-state index < -0.39 is 4.92 Å². The standard InChI is InChI=1S/C11H9IN2O3/c12-11-6-5-10(17-11)7-13-8-1-3-9(4-2-8)14(15)16/h1-6,13H,7H2. The number of rotatable bonds is 4. The van der Waals surface area contributed by atoms with Crippen molar-refractivity contribution in [3.05, 3.63) is 56.0 Å². The van der Waals surface area contributed by atoms with Gasteiger partial charge in [-0.05, 0) is 46.9 Å². The highest BCUT2D eigenvalue weighted by Crippen LogP contribution is 2.17. The first-order valence-electron chi connectivity index (χ1n) is 4.88. The van der Waals surface area contributed by atoms with Gasteiger partial charge >= 0.3 is 0 Å². The predicted molar refractivity (Wildman–Crippen MR) is 71.8 cm³/mol. The van der Waals surface area contributed by atoms with E-state index in [4.69, 9.17) is 4.42 Å². The van der Waals surface area contributed by atoms with Crippen LogP contribution in [0.4, 0.5) is 11.4 Å². The van der Waals surface area contributed by atoms with E-state index >= 15 is 0 Å². The number of halogens is 1. The number of benzene rings is 1. The van der Waals surface area contributed by atoms with Gasteiger partial charge in [0.25, 0.3) is 5.69 Å². The fourth-order valence-corrected chi connectivity index (χ4v) is 1.80. The zero-order valence-corrected chi connectivity index (χ0v) is 10.9. The van der Waals surface area contributed by atoms with Gasteiger partial charge in [0, 0.05) is 17.8 Å². The Kier molecular flexibility index (Phi) is 3.62. The molecule has 0 aliphatic heterocycles. The number of nitrogens with one attached hydrogen (secondary N) is 1. The van der Waals surface area contributed by atoms with Crippen molar-refractivity contribution in [1.82, 2.24) is 0 Å². The predicted octanol–water partition coefficient (Wildman–Crippen LogP) is 3.40. The lowest BCUT2D eigenvalue weighted by Crippen LogP contribution is -1.98. The molecule has 0 saturated carbocycles. The van der Waals surface area contributed by atoms with Gasteiger partial charge in [0.05, 0.1) is 11.5 Å². The molecule has 17 heavy (non-hydrogen) atoms. The summed E-state index contributed by atoms with van der Waals surface area (Å²) in [4.78, 5) is 10.0. The molecule has 88 valence electrons. The molecule has 0 radical (unpaired) electrons. The summed E-state index contributed by atoms with van der Waals surface area (Å²) in [7, 11) is 0. The first kappa shape index (κ1) is 11.9. The zero-order valence-electron chi connectivity index (χ0n) is 8.72. The summed E-state index contributed by atoms with van der Waals surface area (Å²) in [6.07, 6.45) is 0. The molecule has 5 nitrogen and oxygen atoms in total. The Morgan fingerprint density at radius 3 is 2.47 bits per heavy atom. The Labute approximate surface area is 111 Å². The molecule has 0 atom stereocenters. The van der Waals surface area contributed by atoms with Crippen LogP contribution in [0, 0.1) is 13.9 Å². The van der Waals surface area contributed by atoms with Crippen molar-refractivity contribution >= 4 is 34.0 Å². The van der Waals surface area contributed by atoms with Gasteiger partial charge in [-0.1, -0.05) is 0 Å². The van der Waals surface area contributed by atoms with Crippen LogP contribution in [0.5, 0.6) is 0 Å². The van der Waals surface area contributed by atoms with Gasteiger partial charge in [0.15, 0.2) is 3.77 Å². The highest BCUT2D eigenvalue weighted by Gasteiger charge is 2.04. The molecule has 0 bridgehead atoms. The smallest absolute Gasteiger partial charge is 0.269 e. The van der Waals surface area contributed by atoms with E-state index in [0.717, 1.165) is 15.2 Å². The van der Waals surface area contributed by atoms with Crippen molar-refractivity contribution in [3.63, 3.8) is 0 Å². The van der Waals surface area contributed by atoms with Crippen molar-refractivity contribution in [2.45, 2.75) is 6.54 Å². The normalized spacial score (nSPS) is 10.2. The molecule has 1 aromatic carbocycles. The van der Waals surface area contributed by atoms with Gasteiger partial charge in [-0.2, -0.15) is 0 Å². The Morgan fingerprint density at radius 1 is 1.24 bits per heavy atom. The van der Waals surface area contributed by atoms with E-state index in [1.165, 1.54) is 12.1 Å². The van der Waals surface area contributed by atoms with Crippen LogP contribution in [0.1, 0.15) is 5.76 Å². The maximum Gasteiger partial charge on any atom is 0.269 e. The number of hydrogen-bond donors (Lipinski definition) is 1. The first-order valence-corrected chi connectivity index (χ1v) is 5.95. The maximum absolute atomic E-state index is 10.5. The second kappa shape index (κ2) is 5.17. The van der Waals surface area contributed by atoms with E-state index in [9.17, 15) is 10.1 Å². The van der Waals surface area contributed by atoms with E-state index in [2.05, 4.69) is 27.9 Å². The molecule has 0 amide bonds. The van der Waals surface area contributed by atoms with Gasteiger partial charge < -0.3 is 9.73 Å². The number of non-ortho nitro benzene ring substituents is 1. The van der Waals surface area contributed by atoms with Crippen molar-refractivity contribution in [3.8, 4) is 0 Å². The molecule has 0 aliphatic carbocycles. The van der Waals surface area contributed by atoms with Gasteiger partial charge in [0.1, 0.15) is 5.76 Å². The van der Waals surface area contributed by atoms with Crippen LogP contribution in [0.15, 0.2) is 40.8 Å². The zero-order chi connectivity index (χ0) is 12.3. The monoisotopic (exact) mass is 344 g/mol. The molecule has 6 heteroatoms. The third-order valence-electron chi connectivity index (χ3n) is 2.17. The number of furan rings is 1. The van der Waals surface area contributed by atoms with Crippen LogP contribution in [0.2, 0.25) is 0 Å². The Morgan fingerprint density at radius 2 is 1.94 bits per heavy atom. The van der Waals surface area contributed by atoms with Crippen LogP contribution in [-0.2, 0) is 6.54 Å². The molecule has 1 heterocycles. The number of nitro groups is 1. The fraction of sp³-hybridized carbons (Fsp3) is 0.0909. The second-order valence-electron chi connectivity index (χ2n) is 3.36. The van der Waals surface area contributed by atoms with Crippen LogP contribution in [0.3, 0.4) is 0 Å². The minimum atomic E-state index is -0.418. The number of nitrogens with zero attached hydrogens (tertiary/aromatic N) is 1. The molecular formula is C11H9IN2O3. The van der Waals surface area contributed by atoms with Crippen molar-refractivity contribution in [2.75, 3.05) is 5.32 Å². The summed E-state index contributed by atoms with van der Waals surface area (Å²) >= 11 is 2.10. The SMILES string of the molecule is O=[N+]([O-])c1ccc(NCc2ccc(I)o2)cc1. The lowest BCUT2D eigenvalue weighted by atomic mass is 10.3. The van der Waals surface area contributed by atoms with Crippen molar-refractivity contribution in [1.29, 1.82) is 0 Å². The van der Waals surface area contributed by atoms with E-state index in [0.29, 0.717) is 6.54 Å². The summed E-state index contributed by atoms with van der Waals surface area (Å²) in [6.45, 7) is 0.556. The van der Waals surface area contributed by atoms with Gasteiger partial charge in [-0.3, -0.25) is 10.1 Å². The van der Waals surface area contributed by atoms with E-state index in [1.54, 1.807) is 12.1 Å². The average molecular weight is 344 g/mol. The number of anilines is 1. The minimum absolute atomic E-state index is 0.0862. The molecule has 1 N–H and O–H groups in total. The summed E-state index contributed by atoms with van der Waals surface area (Å²) in [5, 5.41) is 13.6. The van der Waals surface area contributed by atoms with E-state index in [-0.39, 0.29) is 5.69 Å². The van der Waals surface area contributed by atoms with Crippen LogP contribution in [-0.4, -0.2) is 4.92 Å². The first-order chi connectivity index (χ1) is 8.15. The second-order valence-corrected chi connectivity index (χ2v) is 4.43.